The lowest BCUT2D eigenvalue weighted by atomic mass is 10.2. The molecule has 0 aliphatic carbocycles. The van der Waals surface area contributed by atoms with Crippen LogP contribution in [0.15, 0.2) is 53.6 Å². The predicted molar refractivity (Wildman–Crippen MR) is 125 cm³/mol. The number of hydrogen-bond donors (Lipinski definition) is 2. The van der Waals surface area contributed by atoms with Gasteiger partial charge in [-0.05, 0) is 31.5 Å². The van der Waals surface area contributed by atoms with Gasteiger partial charge in [-0.3, -0.25) is 0 Å². The monoisotopic (exact) mass is 443 g/mol. The van der Waals surface area contributed by atoms with Gasteiger partial charge in [0.1, 0.15) is 0 Å². The van der Waals surface area contributed by atoms with Crippen LogP contribution in [0, 0.1) is 0 Å². The smallest absolute Gasteiger partial charge is 0.250 e. The lowest BCUT2D eigenvalue weighted by molar-refractivity contribution is 0.812. The highest BCUT2D eigenvalue weighted by Crippen LogP contribution is 2.19. The van der Waals surface area contributed by atoms with Crippen LogP contribution < -0.4 is 15.6 Å². The largest absolute Gasteiger partial charge is 0.350 e. The van der Waals surface area contributed by atoms with Crippen molar-refractivity contribution in [2.75, 3.05) is 28.7 Å². The standard InChI is InChI=1S/C21H23Cl2N7/c1-3-30(4-2)21-27-19(24-13-15-8-6-5-7-9-15)26-20(28-21)29-25-14-16-10-11-17(22)12-18(16)23/h5-12,14H,3-4,13H2,1-2H3,(H2,24,26,27,28,29)/b25-14-. The molecule has 0 unspecified atom stereocenters. The Balaban J connectivity index is 1.79. The number of hydrazone groups is 1. The molecule has 0 aliphatic rings. The molecule has 1 heterocycles. The highest BCUT2D eigenvalue weighted by molar-refractivity contribution is 6.36. The Morgan fingerprint density at radius 3 is 2.40 bits per heavy atom. The van der Waals surface area contributed by atoms with Crippen LogP contribution in [0.4, 0.5) is 17.8 Å². The van der Waals surface area contributed by atoms with Crippen molar-refractivity contribution in [3.8, 4) is 0 Å². The predicted octanol–water partition coefficient (Wildman–Crippen LogP) is 5.08. The van der Waals surface area contributed by atoms with E-state index < -0.39 is 0 Å². The summed E-state index contributed by atoms with van der Waals surface area (Å²) in [5, 5.41) is 8.55. The molecule has 7 nitrogen and oxygen atoms in total. The topological polar surface area (TPSA) is 78.3 Å². The van der Waals surface area contributed by atoms with Gasteiger partial charge in [0.25, 0.3) is 0 Å². The number of aromatic nitrogens is 3. The molecule has 156 valence electrons. The van der Waals surface area contributed by atoms with Gasteiger partial charge in [-0.25, -0.2) is 5.43 Å². The second-order valence-corrected chi connectivity index (χ2v) is 7.17. The van der Waals surface area contributed by atoms with Crippen LogP contribution in [0.25, 0.3) is 0 Å². The van der Waals surface area contributed by atoms with Crippen LogP contribution in [0.2, 0.25) is 10.0 Å². The first-order chi connectivity index (χ1) is 14.6. The lowest BCUT2D eigenvalue weighted by Gasteiger charge is -2.19. The molecule has 0 aliphatic heterocycles. The van der Waals surface area contributed by atoms with Crippen molar-refractivity contribution in [2.24, 2.45) is 5.10 Å². The van der Waals surface area contributed by atoms with Crippen molar-refractivity contribution >= 4 is 47.3 Å². The van der Waals surface area contributed by atoms with Crippen LogP contribution in [0.5, 0.6) is 0 Å². The molecule has 30 heavy (non-hydrogen) atoms. The minimum absolute atomic E-state index is 0.337. The van der Waals surface area contributed by atoms with Crippen molar-refractivity contribution in [3.63, 3.8) is 0 Å². The van der Waals surface area contributed by atoms with Crippen LogP contribution in [-0.4, -0.2) is 34.3 Å². The number of nitrogens with zero attached hydrogens (tertiary/aromatic N) is 5. The second-order valence-electron chi connectivity index (χ2n) is 6.33. The summed E-state index contributed by atoms with van der Waals surface area (Å²) in [7, 11) is 0. The van der Waals surface area contributed by atoms with E-state index in [0.717, 1.165) is 24.2 Å². The van der Waals surface area contributed by atoms with Crippen molar-refractivity contribution < 1.29 is 0 Å². The summed E-state index contributed by atoms with van der Waals surface area (Å²) in [5.41, 5.74) is 4.73. The van der Waals surface area contributed by atoms with Crippen LogP contribution >= 0.6 is 23.2 Å². The fourth-order valence-corrected chi connectivity index (χ4v) is 3.14. The van der Waals surface area contributed by atoms with E-state index in [2.05, 4.69) is 44.6 Å². The van der Waals surface area contributed by atoms with Gasteiger partial charge in [-0.1, -0.05) is 59.6 Å². The minimum atomic E-state index is 0.337. The molecule has 1 aromatic heterocycles. The van der Waals surface area contributed by atoms with Crippen LogP contribution in [0.1, 0.15) is 25.0 Å². The molecule has 0 saturated heterocycles. The third-order valence-corrected chi connectivity index (χ3v) is 4.86. The maximum atomic E-state index is 6.18. The summed E-state index contributed by atoms with van der Waals surface area (Å²) in [4.78, 5) is 15.5. The van der Waals surface area contributed by atoms with Crippen molar-refractivity contribution in [1.29, 1.82) is 0 Å². The average Bonchev–Trinajstić information content (AvgIpc) is 2.75. The van der Waals surface area contributed by atoms with Crippen molar-refractivity contribution in [3.05, 3.63) is 69.7 Å². The fourth-order valence-electron chi connectivity index (χ4n) is 2.68. The van der Waals surface area contributed by atoms with E-state index in [9.17, 15) is 0 Å². The fraction of sp³-hybridized carbons (Fsp3) is 0.238. The zero-order valence-electron chi connectivity index (χ0n) is 16.8. The second kappa shape index (κ2) is 10.8. The number of halogens is 2. The Labute approximate surface area is 186 Å². The SMILES string of the molecule is CCN(CC)c1nc(NCc2ccccc2)nc(N/N=C\c2ccc(Cl)cc2Cl)n1. The van der Waals surface area contributed by atoms with Gasteiger partial charge in [-0.2, -0.15) is 20.1 Å². The molecular weight excluding hydrogens is 421 g/mol. The first-order valence-corrected chi connectivity index (χ1v) is 10.4. The van der Waals surface area contributed by atoms with Gasteiger partial charge < -0.3 is 10.2 Å². The Bertz CT molecular complexity index is 992. The number of rotatable bonds is 9. The number of anilines is 3. The van der Waals surface area contributed by atoms with E-state index in [0.29, 0.717) is 34.4 Å². The summed E-state index contributed by atoms with van der Waals surface area (Å²) < 4.78 is 0. The first-order valence-electron chi connectivity index (χ1n) is 9.62. The number of nitrogens with one attached hydrogen (secondary N) is 2. The summed E-state index contributed by atoms with van der Waals surface area (Å²) in [6.07, 6.45) is 1.59. The zero-order valence-corrected chi connectivity index (χ0v) is 18.3. The molecule has 2 N–H and O–H groups in total. The molecule has 2 aromatic carbocycles. The normalized spacial score (nSPS) is 10.9. The summed E-state index contributed by atoms with van der Waals surface area (Å²) in [6.45, 7) is 6.27. The van der Waals surface area contributed by atoms with E-state index in [-0.39, 0.29) is 0 Å². The lowest BCUT2D eigenvalue weighted by Crippen LogP contribution is -2.25. The summed E-state index contributed by atoms with van der Waals surface area (Å²) in [6, 6.07) is 15.3. The molecule has 0 radical (unpaired) electrons. The molecule has 9 heteroatoms. The van der Waals surface area contributed by atoms with Crippen LogP contribution in [-0.2, 0) is 6.54 Å². The van der Waals surface area contributed by atoms with Crippen LogP contribution in [0.3, 0.4) is 0 Å². The highest BCUT2D eigenvalue weighted by atomic mass is 35.5. The zero-order chi connectivity index (χ0) is 21.3. The Morgan fingerprint density at radius 2 is 1.70 bits per heavy atom. The third-order valence-electron chi connectivity index (χ3n) is 4.29. The van der Waals surface area contributed by atoms with E-state index >= 15 is 0 Å². The Hall–Kier alpha value is -2.90. The quantitative estimate of drug-likeness (QED) is 0.354. The Morgan fingerprint density at radius 1 is 0.967 bits per heavy atom. The van der Waals surface area contributed by atoms with E-state index in [1.807, 2.05) is 35.2 Å². The molecule has 0 saturated carbocycles. The van der Waals surface area contributed by atoms with Gasteiger partial charge in [0.2, 0.25) is 17.8 Å². The first kappa shape index (κ1) is 21.8. The summed E-state index contributed by atoms with van der Waals surface area (Å²) in [5.74, 6) is 1.38. The molecule has 0 bridgehead atoms. The van der Waals surface area contributed by atoms with Gasteiger partial charge in [0.15, 0.2) is 0 Å². The summed E-state index contributed by atoms with van der Waals surface area (Å²) >= 11 is 12.1. The van der Waals surface area contributed by atoms with E-state index in [4.69, 9.17) is 23.2 Å². The maximum Gasteiger partial charge on any atom is 0.250 e. The molecule has 3 aromatic rings. The molecule has 0 atom stereocenters. The highest BCUT2D eigenvalue weighted by Gasteiger charge is 2.11. The Kier molecular flexibility index (Phi) is 7.82. The number of benzene rings is 2. The molecular formula is C21H23Cl2N7. The van der Waals surface area contributed by atoms with E-state index in [1.165, 1.54) is 0 Å². The average molecular weight is 444 g/mol. The molecule has 0 amide bonds. The van der Waals surface area contributed by atoms with Crippen molar-refractivity contribution in [2.45, 2.75) is 20.4 Å². The number of hydrogen-bond acceptors (Lipinski definition) is 7. The van der Waals surface area contributed by atoms with E-state index in [1.54, 1.807) is 24.4 Å². The molecule has 0 fully saturated rings. The van der Waals surface area contributed by atoms with Gasteiger partial charge in [0.05, 0.1) is 11.2 Å². The van der Waals surface area contributed by atoms with Crippen molar-refractivity contribution in [1.82, 2.24) is 15.0 Å². The van der Waals surface area contributed by atoms with Gasteiger partial charge in [-0.15, -0.1) is 0 Å². The molecule has 3 rings (SSSR count). The molecule has 0 spiro atoms. The third kappa shape index (κ3) is 6.05. The van der Waals surface area contributed by atoms with Gasteiger partial charge in [0, 0.05) is 30.2 Å². The maximum absolute atomic E-state index is 6.18. The minimum Gasteiger partial charge on any atom is -0.350 e. The van der Waals surface area contributed by atoms with Gasteiger partial charge >= 0.3 is 0 Å².